The van der Waals surface area contributed by atoms with Crippen molar-refractivity contribution in [2.45, 2.75) is 25.6 Å². The molecule has 2 aromatic heterocycles. The summed E-state index contributed by atoms with van der Waals surface area (Å²) in [4.78, 5) is 12.2. The SMILES string of the molecule is CC(Oc1ccc(Cl)cc1)C(=O)NCCc1nnc2c(C(F)(F)F)cc(Cl)cn12. The first kappa shape index (κ1) is 21.2. The van der Waals surface area contributed by atoms with E-state index >= 15 is 0 Å². The van der Waals surface area contributed by atoms with Gasteiger partial charge in [-0.2, -0.15) is 13.2 Å². The summed E-state index contributed by atoms with van der Waals surface area (Å²) in [5.41, 5.74) is -1.32. The highest BCUT2D eigenvalue weighted by atomic mass is 35.5. The molecule has 1 aromatic carbocycles. The molecule has 1 atom stereocenters. The molecule has 0 aliphatic heterocycles. The first-order chi connectivity index (χ1) is 13.6. The highest BCUT2D eigenvalue weighted by Crippen LogP contribution is 2.33. The van der Waals surface area contributed by atoms with E-state index in [-0.39, 0.29) is 35.4 Å². The number of nitrogens with zero attached hydrogens (tertiary/aromatic N) is 3. The van der Waals surface area contributed by atoms with Crippen LogP contribution < -0.4 is 10.1 Å². The Bertz CT molecular complexity index is 1020. The molecule has 29 heavy (non-hydrogen) atoms. The van der Waals surface area contributed by atoms with Crippen LogP contribution in [0.5, 0.6) is 5.75 Å². The van der Waals surface area contributed by atoms with Crippen LogP contribution in [0.4, 0.5) is 13.2 Å². The second-order valence-corrected chi connectivity index (χ2v) is 7.01. The van der Waals surface area contributed by atoms with Crippen LogP contribution in [0.3, 0.4) is 0 Å². The number of aromatic nitrogens is 3. The largest absolute Gasteiger partial charge is 0.481 e. The third kappa shape index (κ3) is 5.10. The quantitative estimate of drug-likeness (QED) is 0.616. The van der Waals surface area contributed by atoms with Crippen LogP contribution in [0.1, 0.15) is 18.3 Å². The number of carbonyl (C=O) groups is 1. The number of halogens is 5. The molecule has 0 radical (unpaired) electrons. The highest BCUT2D eigenvalue weighted by Gasteiger charge is 2.35. The summed E-state index contributed by atoms with van der Waals surface area (Å²) in [5.74, 6) is 0.331. The van der Waals surface area contributed by atoms with Crippen LogP contribution in [0, 0.1) is 0 Å². The van der Waals surface area contributed by atoms with Gasteiger partial charge in [0, 0.05) is 24.2 Å². The second kappa shape index (κ2) is 8.46. The third-order valence-electron chi connectivity index (χ3n) is 3.99. The Morgan fingerprint density at radius 1 is 1.21 bits per heavy atom. The summed E-state index contributed by atoms with van der Waals surface area (Å²) >= 11 is 11.6. The molecule has 6 nitrogen and oxygen atoms in total. The van der Waals surface area contributed by atoms with Crippen LogP contribution in [-0.2, 0) is 17.4 Å². The maximum Gasteiger partial charge on any atom is 0.420 e. The fourth-order valence-electron chi connectivity index (χ4n) is 2.60. The molecular weight excluding hydrogens is 432 g/mol. The number of nitrogens with one attached hydrogen (secondary N) is 1. The highest BCUT2D eigenvalue weighted by molar-refractivity contribution is 6.30. The molecule has 0 saturated carbocycles. The van der Waals surface area contributed by atoms with Gasteiger partial charge in [-0.3, -0.25) is 9.20 Å². The maximum absolute atomic E-state index is 13.1. The van der Waals surface area contributed by atoms with E-state index in [0.29, 0.717) is 10.8 Å². The van der Waals surface area contributed by atoms with Crippen molar-refractivity contribution in [1.29, 1.82) is 0 Å². The maximum atomic E-state index is 13.1. The Morgan fingerprint density at radius 3 is 2.55 bits per heavy atom. The van der Waals surface area contributed by atoms with Crippen LogP contribution in [0.15, 0.2) is 36.5 Å². The van der Waals surface area contributed by atoms with E-state index in [2.05, 4.69) is 15.5 Å². The van der Waals surface area contributed by atoms with Gasteiger partial charge in [-0.15, -0.1) is 10.2 Å². The fraction of sp³-hybridized carbons (Fsp3) is 0.278. The van der Waals surface area contributed by atoms with Crippen LogP contribution in [-0.4, -0.2) is 33.2 Å². The molecule has 0 spiro atoms. The first-order valence-electron chi connectivity index (χ1n) is 8.45. The average Bonchev–Trinajstić information content (AvgIpc) is 3.04. The monoisotopic (exact) mass is 446 g/mol. The predicted molar refractivity (Wildman–Crippen MR) is 101 cm³/mol. The van der Waals surface area contributed by atoms with Crippen molar-refractivity contribution in [3.63, 3.8) is 0 Å². The molecule has 3 aromatic rings. The van der Waals surface area contributed by atoms with Gasteiger partial charge in [0.05, 0.1) is 5.02 Å². The molecule has 2 heterocycles. The van der Waals surface area contributed by atoms with E-state index in [1.54, 1.807) is 31.2 Å². The summed E-state index contributed by atoms with van der Waals surface area (Å²) < 4.78 is 46.1. The number of hydrogen-bond acceptors (Lipinski definition) is 4. The Balaban J connectivity index is 1.63. The van der Waals surface area contributed by atoms with Gasteiger partial charge in [-0.05, 0) is 37.3 Å². The van der Waals surface area contributed by atoms with E-state index in [4.69, 9.17) is 27.9 Å². The molecule has 11 heteroatoms. The van der Waals surface area contributed by atoms with Gasteiger partial charge in [-0.1, -0.05) is 23.2 Å². The molecule has 0 fully saturated rings. The minimum Gasteiger partial charge on any atom is -0.481 e. The van der Waals surface area contributed by atoms with Crippen LogP contribution in [0.25, 0.3) is 5.65 Å². The Kier molecular flexibility index (Phi) is 6.18. The molecule has 1 amide bonds. The summed E-state index contributed by atoms with van der Waals surface area (Å²) in [6.45, 7) is 1.70. The molecule has 1 N–H and O–H groups in total. The van der Waals surface area contributed by atoms with E-state index in [1.165, 1.54) is 10.6 Å². The lowest BCUT2D eigenvalue weighted by atomic mass is 10.2. The van der Waals surface area contributed by atoms with Gasteiger partial charge in [0.2, 0.25) is 0 Å². The van der Waals surface area contributed by atoms with Crippen molar-refractivity contribution in [3.8, 4) is 5.75 Å². The van der Waals surface area contributed by atoms with Gasteiger partial charge in [-0.25, -0.2) is 0 Å². The molecule has 0 aliphatic rings. The number of amides is 1. The van der Waals surface area contributed by atoms with Gasteiger partial charge in [0.25, 0.3) is 5.91 Å². The second-order valence-electron chi connectivity index (χ2n) is 6.13. The lowest BCUT2D eigenvalue weighted by molar-refractivity contribution is -0.136. The summed E-state index contributed by atoms with van der Waals surface area (Å²) in [6.07, 6.45) is -3.94. The number of carbonyl (C=O) groups excluding carboxylic acids is 1. The topological polar surface area (TPSA) is 68.5 Å². The van der Waals surface area contributed by atoms with Crippen LogP contribution >= 0.6 is 23.2 Å². The van der Waals surface area contributed by atoms with Crippen molar-refractivity contribution < 1.29 is 22.7 Å². The van der Waals surface area contributed by atoms with Crippen molar-refractivity contribution >= 4 is 34.8 Å². The summed E-state index contributed by atoms with van der Waals surface area (Å²) in [7, 11) is 0. The van der Waals surface area contributed by atoms with Crippen molar-refractivity contribution in [3.05, 3.63) is 58.0 Å². The molecule has 154 valence electrons. The smallest absolute Gasteiger partial charge is 0.420 e. The number of rotatable bonds is 6. The molecular formula is C18H15Cl2F3N4O2. The molecule has 1 unspecified atom stereocenters. The van der Waals surface area contributed by atoms with E-state index in [0.717, 1.165) is 6.07 Å². The molecule has 0 saturated heterocycles. The van der Waals surface area contributed by atoms with Crippen molar-refractivity contribution in [2.75, 3.05) is 6.54 Å². The Labute approximate surface area is 173 Å². The van der Waals surface area contributed by atoms with Gasteiger partial charge < -0.3 is 10.1 Å². The zero-order valence-electron chi connectivity index (χ0n) is 15.0. The lowest BCUT2D eigenvalue weighted by Crippen LogP contribution is -2.37. The molecule has 3 rings (SSSR count). The minimum atomic E-state index is -4.61. The number of benzene rings is 1. The van der Waals surface area contributed by atoms with Gasteiger partial charge in [0.1, 0.15) is 17.1 Å². The molecule has 0 bridgehead atoms. The van der Waals surface area contributed by atoms with Crippen molar-refractivity contribution in [2.24, 2.45) is 0 Å². The van der Waals surface area contributed by atoms with Crippen LogP contribution in [0.2, 0.25) is 10.0 Å². The predicted octanol–water partition coefficient (Wildman–Crippen LogP) is 4.18. The number of hydrogen-bond donors (Lipinski definition) is 1. The van der Waals surface area contributed by atoms with Gasteiger partial charge in [0.15, 0.2) is 11.8 Å². The number of ether oxygens (including phenoxy) is 1. The fourth-order valence-corrected chi connectivity index (χ4v) is 2.93. The zero-order valence-corrected chi connectivity index (χ0v) is 16.5. The first-order valence-corrected chi connectivity index (χ1v) is 9.21. The standard InChI is InChI=1S/C18H15Cl2F3N4O2/c1-10(29-13-4-2-11(19)3-5-13)17(28)24-7-6-15-25-26-16-14(18(21,22)23)8-12(20)9-27(15)16/h2-5,8-10H,6-7H2,1H3,(H,24,28). The van der Waals surface area contributed by atoms with E-state index in [9.17, 15) is 18.0 Å². The number of pyridine rings is 1. The third-order valence-corrected chi connectivity index (χ3v) is 4.45. The van der Waals surface area contributed by atoms with E-state index < -0.39 is 17.8 Å². The van der Waals surface area contributed by atoms with Crippen molar-refractivity contribution in [1.82, 2.24) is 19.9 Å². The minimum absolute atomic E-state index is 0.0973. The van der Waals surface area contributed by atoms with E-state index in [1.807, 2.05) is 0 Å². The average molecular weight is 447 g/mol. The Morgan fingerprint density at radius 2 is 1.90 bits per heavy atom. The summed E-state index contributed by atoms with van der Waals surface area (Å²) in [6, 6.07) is 7.34. The molecule has 0 aliphatic carbocycles. The number of fused-ring (bicyclic) bond motifs is 1. The van der Waals surface area contributed by atoms with Gasteiger partial charge >= 0.3 is 6.18 Å². The zero-order chi connectivity index (χ0) is 21.2. The normalized spacial score (nSPS) is 12.8. The summed E-state index contributed by atoms with van der Waals surface area (Å²) in [5, 5.41) is 10.5. The Hall–Kier alpha value is -2.52. The lowest BCUT2D eigenvalue weighted by Gasteiger charge is -2.14. The number of alkyl halides is 3.